The van der Waals surface area contributed by atoms with E-state index in [1.807, 2.05) is 18.2 Å². The smallest absolute Gasteiger partial charge is 0.196 e. The zero-order valence-electron chi connectivity index (χ0n) is 10.5. The summed E-state index contributed by atoms with van der Waals surface area (Å²) < 4.78 is 7.00. The second-order valence-corrected chi connectivity index (χ2v) is 8.86. The van der Waals surface area contributed by atoms with E-state index in [0.29, 0.717) is 9.23 Å². The van der Waals surface area contributed by atoms with Crippen LogP contribution in [-0.4, -0.2) is 17.1 Å². The highest BCUT2D eigenvalue weighted by Crippen LogP contribution is 2.59. The van der Waals surface area contributed by atoms with E-state index in [1.54, 1.807) is 30.6 Å². The molecule has 1 atom stereocenters. The van der Waals surface area contributed by atoms with E-state index >= 15 is 0 Å². The van der Waals surface area contributed by atoms with Crippen LogP contribution < -0.4 is 0 Å². The normalized spacial score (nSPS) is 23.8. The van der Waals surface area contributed by atoms with Gasteiger partial charge in [-0.05, 0) is 5.75 Å². The molecule has 1 aliphatic rings. The van der Waals surface area contributed by atoms with Crippen LogP contribution in [0.25, 0.3) is 0 Å². The molecule has 1 nitrogen and oxygen atoms in total. The summed E-state index contributed by atoms with van der Waals surface area (Å²) >= 11 is 16.5. The van der Waals surface area contributed by atoms with Crippen molar-refractivity contribution in [2.75, 3.05) is 12.9 Å². The van der Waals surface area contributed by atoms with Gasteiger partial charge in [-0.25, -0.2) is 0 Å². The molecule has 0 aromatic heterocycles. The van der Waals surface area contributed by atoms with Crippen LogP contribution in [0.1, 0.15) is 12.5 Å². The van der Waals surface area contributed by atoms with Crippen LogP contribution in [0.15, 0.2) is 39.6 Å². The van der Waals surface area contributed by atoms with E-state index in [0.717, 1.165) is 15.6 Å². The number of benzene rings is 1. The summed E-state index contributed by atoms with van der Waals surface area (Å²) in [5.41, 5.74) is 1.09. The van der Waals surface area contributed by atoms with E-state index in [-0.39, 0.29) is 0 Å². The summed E-state index contributed by atoms with van der Waals surface area (Å²) in [6.45, 7) is 2.10. The van der Waals surface area contributed by atoms with Gasteiger partial charge in [-0.1, -0.05) is 84.6 Å². The van der Waals surface area contributed by atoms with E-state index in [4.69, 9.17) is 28.6 Å². The highest BCUT2D eigenvalue weighted by molar-refractivity contribution is 8.36. The number of halogens is 1. The molecule has 6 heteroatoms. The summed E-state index contributed by atoms with van der Waals surface area (Å²) in [5.74, 6) is 0.959. The van der Waals surface area contributed by atoms with Crippen LogP contribution >= 0.6 is 59.1 Å². The van der Waals surface area contributed by atoms with Crippen LogP contribution in [0.4, 0.5) is 0 Å². The molecular weight excluding hydrogens is 336 g/mol. The van der Waals surface area contributed by atoms with Gasteiger partial charge in [0.15, 0.2) is 4.27 Å². The zero-order chi connectivity index (χ0) is 13.9. The van der Waals surface area contributed by atoms with Crippen molar-refractivity contribution in [3.8, 4) is 0 Å². The van der Waals surface area contributed by atoms with E-state index in [1.165, 1.54) is 11.8 Å². The minimum atomic E-state index is -0.533. The van der Waals surface area contributed by atoms with Crippen molar-refractivity contribution in [2.45, 2.75) is 11.2 Å². The molecule has 0 fully saturated rings. The quantitative estimate of drug-likeness (QED) is 0.670. The molecule has 19 heavy (non-hydrogen) atoms. The third kappa shape index (κ3) is 3.34. The van der Waals surface area contributed by atoms with Gasteiger partial charge in [-0.3, -0.25) is 0 Å². The Morgan fingerprint density at radius 1 is 1.32 bits per heavy atom. The highest BCUT2D eigenvalue weighted by Gasteiger charge is 2.41. The summed E-state index contributed by atoms with van der Waals surface area (Å²) in [7, 11) is 1.71. The predicted octanol–water partition coefficient (Wildman–Crippen LogP) is 5.41. The number of hydrogen-bond acceptors (Lipinski definition) is 5. The number of thioether (sulfide) groups is 3. The second-order valence-electron chi connectivity index (χ2n) is 3.65. The summed E-state index contributed by atoms with van der Waals surface area (Å²) in [4.78, 5) is 0. The average Bonchev–Trinajstić information content (AvgIpc) is 2.45. The molecule has 1 aromatic rings. The molecule has 1 aliphatic heterocycles. The van der Waals surface area contributed by atoms with Gasteiger partial charge < -0.3 is 4.74 Å². The van der Waals surface area contributed by atoms with Crippen molar-refractivity contribution in [3.63, 3.8) is 0 Å². The molecular formula is C13H13ClOS4. The van der Waals surface area contributed by atoms with Gasteiger partial charge in [-0.15, -0.1) is 11.8 Å². The van der Waals surface area contributed by atoms with Gasteiger partial charge in [0.1, 0.15) is 0 Å². The minimum absolute atomic E-state index is 0.533. The van der Waals surface area contributed by atoms with Crippen molar-refractivity contribution in [3.05, 3.63) is 45.2 Å². The fourth-order valence-corrected chi connectivity index (χ4v) is 6.69. The van der Waals surface area contributed by atoms with Crippen molar-refractivity contribution in [2.24, 2.45) is 0 Å². The van der Waals surface area contributed by atoms with Gasteiger partial charge >= 0.3 is 0 Å². The maximum atomic E-state index is 6.30. The first-order chi connectivity index (χ1) is 9.13. The maximum absolute atomic E-state index is 6.30. The Balaban J connectivity index is 2.42. The molecule has 102 valence electrons. The largest absolute Gasteiger partial charge is 0.353 e. The Hall–Kier alpha value is 0.350. The van der Waals surface area contributed by atoms with E-state index in [9.17, 15) is 0 Å². The Labute approximate surface area is 136 Å². The Bertz CT molecular complexity index is 503. The average molecular weight is 349 g/mol. The van der Waals surface area contributed by atoms with E-state index in [2.05, 4.69) is 19.1 Å². The van der Waals surface area contributed by atoms with Gasteiger partial charge in [0.05, 0.1) is 13.5 Å². The highest BCUT2D eigenvalue weighted by atomic mass is 35.5. The first-order valence-electron chi connectivity index (χ1n) is 5.68. The number of thiocarbonyl (C=S) groups is 1. The van der Waals surface area contributed by atoms with Crippen molar-refractivity contribution in [1.29, 1.82) is 0 Å². The first kappa shape index (κ1) is 15.7. The maximum Gasteiger partial charge on any atom is 0.196 e. The van der Waals surface area contributed by atoms with Crippen molar-refractivity contribution >= 4 is 63.3 Å². The topological polar surface area (TPSA) is 9.23 Å². The second kappa shape index (κ2) is 6.87. The lowest BCUT2D eigenvalue weighted by atomic mass is 10.2. The molecule has 1 heterocycles. The molecule has 0 saturated heterocycles. The minimum Gasteiger partial charge on any atom is -0.353 e. The standard InChI is InChI=1S/C13H13ClOS4/c1-3-17-12-10(14)11(16)18-13(15-2,19-12)9-7-5-4-6-8-9/h4-8H,3H2,1-2H3. The summed E-state index contributed by atoms with van der Waals surface area (Å²) in [6, 6.07) is 10.1. The third-order valence-corrected chi connectivity index (χ3v) is 7.74. The Kier molecular flexibility index (Phi) is 5.69. The van der Waals surface area contributed by atoms with Crippen LogP contribution in [0.5, 0.6) is 0 Å². The van der Waals surface area contributed by atoms with Crippen molar-refractivity contribution in [1.82, 2.24) is 0 Å². The molecule has 0 radical (unpaired) electrons. The SMILES string of the molecule is CCSC1=C(Cl)C(=S)SC(OC)(c2ccccc2)S1. The van der Waals surface area contributed by atoms with Gasteiger partial charge in [0.25, 0.3) is 0 Å². The molecule has 0 saturated carbocycles. The molecule has 0 spiro atoms. The zero-order valence-corrected chi connectivity index (χ0v) is 14.5. The predicted molar refractivity (Wildman–Crippen MR) is 93.9 cm³/mol. The summed E-state index contributed by atoms with van der Waals surface area (Å²) in [6.07, 6.45) is 0. The number of methoxy groups -OCH3 is 1. The lowest BCUT2D eigenvalue weighted by Gasteiger charge is -2.35. The number of hydrogen-bond donors (Lipinski definition) is 0. The van der Waals surface area contributed by atoms with Gasteiger partial charge in [-0.2, -0.15) is 0 Å². The molecule has 0 aliphatic carbocycles. The van der Waals surface area contributed by atoms with Crippen LogP contribution in [0.3, 0.4) is 0 Å². The Morgan fingerprint density at radius 2 is 2.00 bits per heavy atom. The number of ether oxygens (including phenoxy) is 1. The van der Waals surface area contributed by atoms with Crippen LogP contribution in [0.2, 0.25) is 0 Å². The molecule has 0 bridgehead atoms. The number of rotatable bonds is 4. The van der Waals surface area contributed by atoms with E-state index < -0.39 is 4.27 Å². The third-order valence-electron chi connectivity index (χ3n) is 2.48. The lowest BCUT2D eigenvalue weighted by molar-refractivity contribution is 0.148. The lowest BCUT2D eigenvalue weighted by Crippen LogP contribution is -2.25. The van der Waals surface area contributed by atoms with Crippen LogP contribution in [0, 0.1) is 0 Å². The van der Waals surface area contributed by atoms with Crippen LogP contribution in [-0.2, 0) is 9.00 Å². The molecule has 0 amide bonds. The van der Waals surface area contributed by atoms with Gasteiger partial charge in [0.2, 0.25) is 0 Å². The monoisotopic (exact) mass is 348 g/mol. The first-order valence-corrected chi connectivity index (χ1v) is 9.09. The Morgan fingerprint density at radius 3 is 2.58 bits per heavy atom. The molecule has 1 unspecified atom stereocenters. The summed E-state index contributed by atoms with van der Waals surface area (Å²) in [5, 5.41) is 0.681. The fraction of sp³-hybridized carbons (Fsp3) is 0.308. The molecule has 1 aromatic carbocycles. The van der Waals surface area contributed by atoms with Gasteiger partial charge in [0, 0.05) is 12.7 Å². The van der Waals surface area contributed by atoms with Crippen molar-refractivity contribution < 1.29 is 4.74 Å². The fourth-order valence-electron chi connectivity index (χ4n) is 1.62. The molecule has 2 rings (SSSR count). The molecule has 0 N–H and O–H groups in total.